The van der Waals surface area contributed by atoms with Crippen molar-refractivity contribution in [3.63, 3.8) is 0 Å². The molecule has 0 aromatic carbocycles. The molecule has 0 aromatic rings. The highest BCUT2D eigenvalue weighted by molar-refractivity contribution is 5.81. The number of hydrogen-bond acceptors (Lipinski definition) is 2. The molecule has 0 aromatic heterocycles. The molecule has 0 aliphatic heterocycles. The molecule has 1 aliphatic rings. The first-order chi connectivity index (χ1) is 9.72. The first-order valence-electron chi connectivity index (χ1n) is 8.52. The van der Waals surface area contributed by atoms with Crippen molar-refractivity contribution < 1.29 is 9.53 Å². The quantitative estimate of drug-likeness (QED) is 0.354. The van der Waals surface area contributed by atoms with Crippen LogP contribution in [0.3, 0.4) is 0 Å². The summed E-state index contributed by atoms with van der Waals surface area (Å²) >= 11 is 0. The number of rotatable bonds is 7. The number of carbonyl (C=O) groups is 1. The fourth-order valence-corrected chi connectivity index (χ4v) is 3.33. The lowest BCUT2D eigenvalue weighted by Gasteiger charge is -2.33. The largest absolute Gasteiger partial charge is 0.462 e. The van der Waals surface area contributed by atoms with Crippen molar-refractivity contribution in [1.29, 1.82) is 0 Å². The Morgan fingerprint density at radius 1 is 1.10 bits per heavy atom. The van der Waals surface area contributed by atoms with Gasteiger partial charge in [0, 0.05) is 11.5 Å². The van der Waals surface area contributed by atoms with Gasteiger partial charge in [0.25, 0.3) is 0 Å². The second kappa shape index (κ2) is 10.0. The van der Waals surface area contributed by atoms with Crippen LogP contribution in [0.15, 0.2) is 12.7 Å². The monoisotopic (exact) mass is 280 g/mol. The number of carbonyl (C=O) groups excluding carboxylic acids is 1. The minimum absolute atomic E-state index is 0.234. The van der Waals surface area contributed by atoms with Crippen LogP contribution >= 0.6 is 0 Å². The number of esters is 1. The van der Waals surface area contributed by atoms with Gasteiger partial charge in [-0.05, 0) is 19.3 Å². The minimum atomic E-state index is -0.264. The lowest BCUT2D eigenvalue weighted by molar-refractivity contribution is -0.142. The highest BCUT2D eigenvalue weighted by Gasteiger charge is 2.30. The van der Waals surface area contributed by atoms with Crippen LogP contribution in [0, 0.1) is 5.41 Å². The van der Waals surface area contributed by atoms with Gasteiger partial charge in [-0.15, -0.1) is 0 Å². The third kappa shape index (κ3) is 6.58. The highest BCUT2D eigenvalue weighted by atomic mass is 16.5. The molecule has 0 amide bonds. The van der Waals surface area contributed by atoms with Crippen LogP contribution in [0.1, 0.15) is 84.0 Å². The molecule has 0 saturated heterocycles. The summed E-state index contributed by atoms with van der Waals surface area (Å²) in [5.74, 6) is -0.264. The van der Waals surface area contributed by atoms with Crippen molar-refractivity contribution >= 4 is 5.97 Å². The molecule has 0 unspecified atom stereocenters. The first-order valence-corrected chi connectivity index (χ1v) is 8.52. The van der Waals surface area contributed by atoms with E-state index in [9.17, 15) is 4.79 Å². The maximum absolute atomic E-state index is 11.4. The molecule has 1 fully saturated rings. The summed E-state index contributed by atoms with van der Waals surface area (Å²) in [5.41, 5.74) is 0.234. The molecule has 0 heterocycles. The van der Waals surface area contributed by atoms with Gasteiger partial charge in [-0.3, -0.25) is 0 Å². The van der Waals surface area contributed by atoms with Gasteiger partial charge >= 0.3 is 5.97 Å². The van der Waals surface area contributed by atoms with E-state index in [4.69, 9.17) is 4.74 Å². The normalized spacial score (nSPS) is 19.4. The Kier molecular flexibility index (Phi) is 8.64. The van der Waals surface area contributed by atoms with Crippen molar-refractivity contribution in [1.82, 2.24) is 0 Å². The molecule has 1 saturated carbocycles. The molecule has 1 aliphatic carbocycles. The number of ether oxygens (including phenoxy) is 1. The molecule has 0 bridgehead atoms. The van der Waals surface area contributed by atoms with Gasteiger partial charge in [-0.2, -0.15) is 0 Å². The summed E-state index contributed by atoms with van der Waals surface area (Å²) in [4.78, 5) is 11.4. The lowest BCUT2D eigenvalue weighted by atomic mass is 9.75. The third-order valence-corrected chi connectivity index (χ3v) is 4.66. The van der Waals surface area contributed by atoms with Crippen LogP contribution < -0.4 is 0 Å². The summed E-state index contributed by atoms with van der Waals surface area (Å²) in [5, 5.41) is 0. The number of hydrogen-bond donors (Lipinski definition) is 0. The van der Waals surface area contributed by atoms with Gasteiger partial charge in [-0.1, -0.05) is 71.3 Å². The fourth-order valence-electron chi connectivity index (χ4n) is 3.33. The Morgan fingerprint density at radius 3 is 2.25 bits per heavy atom. The Hall–Kier alpha value is -0.790. The molecule has 0 radical (unpaired) electrons. The first kappa shape index (κ1) is 17.3. The number of unbranched alkanes of at least 4 members (excludes halogenated alkanes) is 2. The van der Waals surface area contributed by atoms with Gasteiger partial charge < -0.3 is 4.74 Å². The zero-order chi connectivity index (χ0) is 14.7. The fraction of sp³-hybridized carbons (Fsp3) is 0.833. The second-order valence-electron chi connectivity index (χ2n) is 6.39. The summed E-state index contributed by atoms with van der Waals surface area (Å²) in [6.45, 7) is 6.34. The van der Waals surface area contributed by atoms with E-state index < -0.39 is 0 Å². The van der Waals surface area contributed by atoms with Gasteiger partial charge in [0.05, 0.1) is 6.61 Å². The average molecular weight is 280 g/mol. The highest BCUT2D eigenvalue weighted by Crippen LogP contribution is 2.38. The second-order valence-corrected chi connectivity index (χ2v) is 6.39. The average Bonchev–Trinajstić information content (AvgIpc) is 2.58. The van der Waals surface area contributed by atoms with Crippen LogP contribution in [0.4, 0.5) is 0 Å². The summed E-state index contributed by atoms with van der Waals surface area (Å²) in [6.07, 6.45) is 16.8. The Labute approximate surface area is 125 Å². The van der Waals surface area contributed by atoms with Crippen molar-refractivity contribution in [2.45, 2.75) is 84.0 Å². The van der Waals surface area contributed by atoms with Crippen LogP contribution in [-0.2, 0) is 9.53 Å². The summed E-state index contributed by atoms with van der Waals surface area (Å²) in [6, 6.07) is 0. The molecule has 2 nitrogen and oxygen atoms in total. The van der Waals surface area contributed by atoms with Gasteiger partial charge in [0.2, 0.25) is 0 Å². The van der Waals surface area contributed by atoms with E-state index in [1.54, 1.807) is 0 Å². The van der Waals surface area contributed by atoms with E-state index in [-0.39, 0.29) is 11.4 Å². The van der Waals surface area contributed by atoms with Gasteiger partial charge in [0.1, 0.15) is 0 Å². The molecule has 2 heteroatoms. The zero-order valence-electron chi connectivity index (χ0n) is 13.3. The van der Waals surface area contributed by atoms with Crippen LogP contribution in [0.25, 0.3) is 0 Å². The Morgan fingerprint density at radius 2 is 1.70 bits per heavy atom. The minimum Gasteiger partial charge on any atom is -0.462 e. The summed E-state index contributed by atoms with van der Waals surface area (Å²) in [7, 11) is 0. The molecule has 0 atom stereocenters. The van der Waals surface area contributed by atoms with Crippen molar-refractivity contribution in [2.75, 3.05) is 6.61 Å². The Bertz CT molecular complexity index is 273. The van der Waals surface area contributed by atoms with E-state index in [0.29, 0.717) is 6.61 Å². The SMILES string of the molecule is C=CC(=O)OCC1(CCCCC)CCCCCCCC1. The van der Waals surface area contributed by atoms with E-state index in [0.717, 1.165) is 0 Å². The van der Waals surface area contributed by atoms with Crippen molar-refractivity contribution in [3.8, 4) is 0 Å². The Balaban J connectivity index is 2.62. The molecular formula is C18H32O2. The zero-order valence-corrected chi connectivity index (χ0v) is 13.3. The smallest absolute Gasteiger partial charge is 0.330 e. The van der Waals surface area contributed by atoms with E-state index >= 15 is 0 Å². The van der Waals surface area contributed by atoms with Gasteiger partial charge in [-0.25, -0.2) is 4.79 Å². The molecule has 116 valence electrons. The van der Waals surface area contributed by atoms with Crippen LogP contribution in [0.5, 0.6) is 0 Å². The molecule has 0 spiro atoms. The third-order valence-electron chi connectivity index (χ3n) is 4.66. The molecule has 1 rings (SSSR count). The van der Waals surface area contributed by atoms with E-state index in [2.05, 4.69) is 13.5 Å². The van der Waals surface area contributed by atoms with Crippen molar-refractivity contribution in [3.05, 3.63) is 12.7 Å². The van der Waals surface area contributed by atoms with Crippen LogP contribution in [-0.4, -0.2) is 12.6 Å². The standard InChI is InChI=1S/C18H32O2/c1-3-5-10-13-18(16-20-17(19)4-2)14-11-8-6-7-9-12-15-18/h4H,2-3,5-16H2,1H3. The maximum atomic E-state index is 11.4. The van der Waals surface area contributed by atoms with Crippen molar-refractivity contribution in [2.24, 2.45) is 5.41 Å². The molecule has 20 heavy (non-hydrogen) atoms. The van der Waals surface area contributed by atoms with Gasteiger partial charge in [0.15, 0.2) is 0 Å². The maximum Gasteiger partial charge on any atom is 0.330 e. The predicted octanol–water partition coefficient (Wildman–Crippen LogP) is 5.42. The van der Waals surface area contributed by atoms with E-state index in [1.807, 2.05) is 0 Å². The lowest BCUT2D eigenvalue weighted by Crippen LogP contribution is -2.28. The van der Waals surface area contributed by atoms with Crippen LogP contribution in [0.2, 0.25) is 0 Å². The molecular weight excluding hydrogens is 248 g/mol. The molecule has 0 N–H and O–H groups in total. The van der Waals surface area contributed by atoms with E-state index in [1.165, 1.54) is 83.1 Å². The predicted molar refractivity (Wildman–Crippen MR) is 84.7 cm³/mol. The topological polar surface area (TPSA) is 26.3 Å². The summed E-state index contributed by atoms with van der Waals surface area (Å²) < 4.78 is 5.44.